The van der Waals surface area contributed by atoms with Crippen molar-refractivity contribution in [3.63, 3.8) is 0 Å². The molecule has 3 rings (SSSR count). The van der Waals surface area contributed by atoms with Gasteiger partial charge >= 0.3 is 0 Å². The number of pyridine rings is 1. The molecule has 0 atom stereocenters. The van der Waals surface area contributed by atoms with E-state index in [0.717, 1.165) is 43.1 Å². The van der Waals surface area contributed by atoms with Crippen LogP contribution in [0.2, 0.25) is 0 Å². The number of aromatic nitrogens is 1. The van der Waals surface area contributed by atoms with Crippen LogP contribution in [0.5, 0.6) is 5.75 Å². The van der Waals surface area contributed by atoms with Gasteiger partial charge in [-0.2, -0.15) is 0 Å². The Hall–Kier alpha value is -2.56. The normalized spacial score (nSPS) is 14.8. The number of ether oxygens (including phenoxy) is 1. The molecule has 5 heteroatoms. The summed E-state index contributed by atoms with van der Waals surface area (Å²) in [4.78, 5) is 18.9. The molecule has 1 saturated heterocycles. The Morgan fingerprint density at radius 2 is 1.65 bits per heavy atom. The first-order valence-electron chi connectivity index (χ1n) is 9.41. The summed E-state index contributed by atoms with van der Waals surface area (Å²) in [5.41, 5.74) is 2.32. The fourth-order valence-electron chi connectivity index (χ4n) is 3.09. The van der Waals surface area contributed by atoms with Crippen LogP contribution in [0.25, 0.3) is 0 Å². The zero-order chi connectivity index (χ0) is 18.4. The van der Waals surface area contributed by atoms with E-state index < -0.39 is 0 Å². The number of carbonyl (C=O) groups excluding carboxylic acids is 1. The van der Waals surface area contributed by atoms with Crippen molar-refractivity contribution in [1.29, 1.82) is 0 Å². The lowest BCUT2D eigenvalue weighted by Crippen LogP contribution is -2.32. The molecule has 1 aliphatic rings. The molecule has 0 radical (unpaired) electrons. The van der Waals surface area contributed by atoms with Gasteiger partial charge in [0.2, 0.25) is 0 Å². The molecule has 138 valence electrons. The smallest absolute Gasteiger partial charge is 0.272 e. The summed E-state index contributed by atoms with van der Waals surface area (Å²) in [5.74, 6) is 0.885. The van der Waals surface area contributed by atoms with Crippen LogP contribution in [0.4, 0.5) is 11.4 Å². The maximum atomic E-state index is 12.6. The third kappa shape index (κ3) is 4.97. The second kappa shape index (κ2) is 8.70. The summed E-state index contributed by atoms with van der Waals surface area (Å²) < 4.78 is 5.65. The van der Waals surface area contributed by atoms with Crippen molar-refractivity contribution in [3.05, 3.63) is 48.3 Å². The number of nitrogens with one attached hydrogen (secondary N) is 1. The van der Waals surface area contributed by atoms with Gasteiger partial charge in [-0.25, -0.2) is 4.98 Å². The number of hydrogen-bond donors (Lipinski definition) is 1. The van der Waals surface area contributed by atoms with Crippen molar-refractivity contribution < 1.29 is 9.53 Å². The van der Waals surface area contributed by atoms with Crippen LogP contribution in [-0.4, -0.2) is 35.0 Å². The van der Waals surface area contributed by atoms with E-state index in [0.29, 0.717) is 5.69 Å². The topological polar surface area (TPSA) is 54.5 Å². The molecule has 0 unspecified atom stereocenters. The zero-order valence-corrected chi connectivity index (χ0v) is 15.6. The highest BCUT2D eigenvalue weighted by atomic mass is 16.5. The lowest BCUT2D eigenvalue weighted by Gasteiger charge is -2.19. The predicted molar refractivity (Wildman–Crippen MR) is 104 cm³/mol. The molecule has 1 aromatic heterocycles. The number of nitrogens with zero attached hydrogens (tertiary/aromatic N) is 2. The maximum Gasteiger partial charge on any atom is 0.272 e. The lowest BCUT2D eigenvalue weighted by molar-refractivity contribution is 0.0756. The Morgan fingerprint density at radius 3 is 2.23 bits per heavy atom. The van der Waals surface area contributed by atoms with E-state index in [9.17, 15) is 4.79 Å². The zero-order valence-electron chi connectivity index (χ0n) is 15.6. The number of likely N-dealkylation sites (tertiary alicyclic amines) is 1. The van der Waals surface area contributed by atoms with Crippen LogP contribution in [0.3, 0.4) is 0 Å². The molecule has 26 heavy (non-hydrogen) atoms. The lowest BCUT2D eigenvalue weighted by atomic mass is 10.2. The minimum Gasteiger partial charge on any atom is -0.491 e. The molecular formula is C21H27N3O2. The molecule has 1 amide bonds. The SMILES string of the molecule is CC(C)Oc1ccc(Nc2ccc(C(=O)N3CCCCCC3)nc2)cc1. The quantitative estimate of drug-likeness (QED) is 0.851. The van der Waals surface area contributed by atoms with E-state index in [1.807, 2.05) is 49.1 Å². The number of anilines is 2. The first-order valence-corrected chi connectivity index (χ1v) is 9.41. The molecule has 1 N–H and O–H groups in total. The molecule has 1 aliphatic heterocycles. The van der Waals surface area contributed by atoms with Gasteiger partial charge in [0, 0.05) is 18.8 Å². The van der Waals surface area contributed by atoms with Crippen LogP contribution in [0, 0.1) is 0 Å². The number of carbonyl (C=O) groups is 1. The van der Waals surface area contributed by atoms with Crippen LogP contribution < -0.4 is 10.1 Å². The first kappa shape index (κ1) is 18.2. The second-order valence-corrected chi connectivity index (χ2v) is 6.95. The fraction of sp³-hybridized carbons (Fsp3) is 0.429. The number of hydrogen-bond acceptors (Lipinski definition) is 4. The summed E-state index contributed by atoms with van der Waals surface area (Å²) in [7, 11) is 0. The molecule has 0 bridgehead atoms. The van der Waals surface area contributed by atoms with Crippen molar-refractivity contribution in [1.82, 2.24) is 9.88 Å². The minimum atomic E-state index is 0.0358. The molecule has 1 aromatic carbocycles. The Bertz CT molecular complexity index is 703. The molecule has 0 aliphatic carbocycles. The molecule has 0 spiro atoms. The van der Waals surface area contributed by atoms with Crippen molar-refractivity contribution in [2.45, 2.75) is 45.6 Å². The number of amides is 1. The fourth-order valence-corrected chi connectivity index (χ4v) is 3.09. The van der Waals surface area contributed by atoms with E-state index in [1.165, 1.54) is 12.8 Å². The van der Waals surface area contributed by atoms with Crippen molar-refractivity contribution in [3.8, 4) is 5.75 Å². The highest BCUT2D eigenvalue weighted by Crippen LogP contribution is 2.21. The van der Waals surface area contributed by atoms with E-state index in [2.05, 4.69) is 10.3 Å². The van der Waals surface area contributed by atoms with Gasteiger partial charge in [0.15, 0.2) is 0 Å². The van der Waals surface area contributed by atoms with E-state index in [1.54, 1.807) is 12.3 Å². The summed E-state index contributed by atoms with van der Waals surface area (Å²) in [5, 5.41) is 3.30. The minimum absolute atomic E-state index is 0.0358. The van der Waals surface area contributed by atoms with Gasteiger partial charge in [-0.3, -0.25) is 4.79 Å². The molecule has 2 heterocycles. The third-order valence-electron chi connectivity index (χ3n) is 4.39. The summed E-state index contributed by atoms with van der Waals surface area (Å²) in [6.45, 7) is 5.69. The maximum absolute atomic E-state index is 12.6. The van der Waals surface area contributed by atoms with Gasteiger partial charge in [-0.1, -0.05) is 12.8 Å². The van der Waals surface area contributed by atoms with Gasteiger partial charge in [0.1, 0.15) is 11.4 Å². The van der Waals surface area contributed by atoms with E-state index in [4.69, 9.17) is 4.74 Å². The van der Waals surface area contributed by atoms with Gasteiger partial charge in [0.25, 0.3) is 5.91 Å². The summed E-state index contributed by atoms with van der Waals surface area (Å²) in [6, 6.07) is 11.5. The highest BCUT2D eigenvalue weighted by Gasteiger charge is 2.18. The predicted octanol–water partition coefficient (Wildman–Crippen LogP) is 4.63. The largest absolute Gasteiger partial charge is 0.491 e. The van der Waals surface area contributed by atoms with E-state index in [-0.39, 0.29) is 12.0 Å². The monoisotopic (exact) mass is 353 g/mol. The Balaban J connectivity index is 1.61. The summed E-state index contributed by atoms with van der Waals surface area (Å²) >= 11 is 0. The van der Waals surface area contributed by atoms with Crippen LogP contribution in [0.1, 0.15) is 50.0 Å². The van der Waals surface area contributed by atoms with Gasteiger partial charge in [-0.15, -0.1) is 0 Å². The van der Waals surface area contributed by atoms with Crippen molar-refractivity contribution in [2.75, 3.05) is 18.4 Å². The average Bonchev–Trinajstić information content (AvgIpc) is 2.92. The first-order chi connectivity index (χ1) is 12.6. The average molecular weight is 353 g/mol. The number of benzene rings is 1. The highest BCUT2D eigenvalue weighted by molar-refractivity contribution is 5.92. The van der Waals surface area contributed by atoms with Crippen molar-refractivity contribution in [2.24, 2.45) is 0 Å². The molecule has 1 fully saturated rings. The third-order valence-corrected chi connectivity index (χ3v) is 4.39. The molecule has 2 aromatic rings. The Morgan fingerprint density at radius 1 is 1.00 bits per heavy atom. The van der Waals surface area contributed by atoms with Crippen LogP contribution in [-0.2, 0) is 0 Å². The Labute approximate surface area is 155 Å². The molecular weight excluding hydrogens is 326 g/mol. The Kier molecular flexibility index (Phi) is 6.10. The van der Waals surface area contributed by atoms with Gasteiger partial charge in [-0.05, 0) is 63.1 Å². The second-order valence-electron chi connectivity index (χ2n) is 6.95. The van der Waals surface area contributed by atoms with Gasteiger partial charge in [0.05, 0.1) is 18.0 Å². The molecule has 0 saturated carbocycles. The van der Waals surface area contributed by atoms with E-state index >= 15 is 0 Å². The number of rotatable bonds is 5. The summed E-state index contributed by atoms with van der Waals surface area (Å²) in [6.07, 6.45) is 6.46. The standard InChI is InChI=1S/C21H27N3O2/c1-16(2)26-19-10-7-17(8-11-19)23-18-9-12-20(22-15-18)21(25)24-13-5-3-4-6-14-24/h7-12,15-16,23H,3-6,13-14H2,1-2H3. The van der Waals surface area contributed by atoms with Crippen LogP contribution in [0.15, 0.2) is 42.6 Å². The van der Waals surface area contributed by atoms with Gasteiger partial charge < -0.3 is 15.0 Å². The van der Waals surface area contributed by atoms with Crippen LogP contribution >= 0.6 is 0 Å². The van der Waals surface area contributed by atoms with Crippen molar-refractivity contribution >= 4 is 17.3 Å². The molecule has 5 nitrogen and oxygen atoms in total.